The van der Waals surface area contributed by atoms with Crippen molar-refractivity contribution in [1.82, 2.24) is 4.98 Å². The normalized spacial score (nSPS) is 10.5. The van der Waals surface area contributed by atoms with Gasteiger partial charge in [0.25, 0.3) is 0 Å². The minimum absolute atomic E-state index is 0.596. The summed E-state index contributed by atoms with van der Waals surface area (Å²) in [5.41, 5.74) is 20.0. The summed E-state index contributed by atoms with van der Waals surface area (Å²) in [6, 6.07) is 2.04. The van der Waals surface area contributed by atoms with Gasteiger partial charge < -0.3 is 17.2 Å². The molecule has 0 aromatic carbocycles. The third kappa shape index (κ3) is 2.43. The van der Waals surface area contributed by atoms with Crippen LogP contribution < -0.4 is 17.2 Å². The third-order valence-electron chi connectivity index (χ3n) is 2.23. The van der Waals surface area contributed by atoms with Crippen molar-refractivity contribution in [2.45, 2.75) is 19.8 Å². The van der Waals surface area contributed by atoms with E-state index in [1.807, 2.05) is 13.0 Å². The van der Waals surface area contributed by atoms with Crippen LogP contribution in [0.1, 0.15) is 16.8 Å². The Balaban J connectivity index is 2.98. The number of rotatable bonds is 4. The van der Waals surface area contributed by atoms with Crippen LogP contribution in [0.15, 0.2) is 6.07 Å². The minimum atomic E-state index is 0.596. The molecule has 0 spiro atoms. The minimum Gasteiger partial charge on any atom is -0.383 e. The van der Waals surface area contributed by atoms with E-state index in [9.17, 15) is 0 Å². The maximum Gasteiger partial charge on any atom is 0.127 e. The fourth-order valence-electron chi connectivity index (χ4n) is 1.54. The Kier molecular flexibility index (Phi) is 3.85. The Labute approximate surface area is 84.5 Å². The van der Waals surface area contributed by atoms with Gasteiger partial charge in [-0.3, -0.25) is 0 Å². The van der Waals surface area contributed by atoms with Gasteiger partial charge in [0.2, 0.25) is 0 Å². The number of hydrogen-bond donors (Lipinski definition) is 3. The lowest BCUT2D eigenvalue weighted by Crippen LogP contribution is -2.11. The molecule has 0 unspecified atom stereocenters. The third-order valence-corrected chi connectivity index (χ3v) is 2.23. The summed E-state index contributed by atoms with van der Waals surface area (Å²) in [7, 11) is 0. The fraction of sp³-hybridized carbons (Fsp3) is 0.500. The van der Waals surface area contributed by atoms with Gasteiger partial charge in [-0.05, 0) is 43.6 Å². The second-order valence-corrected chi connectivity index (χ2v) is 3.37. The predicted molar refractivity (Wildman–Crippen MR) is 58.9 cm³/mol. The summed E-state index contributed by atoms with van der Waals surface area (Å²) in [5, 5.41) is 0. The first-order chi connectivity index (χ1) is 6.69. The van der Waals surface area contributed by atoms with E-state index in [2.05, 4.69) is 4.98 Å². The highest BCUT2D eigenvalue weighted by Gasteiger charge is 2.06. The van der Waals surface area contributed by atoms with E-state index in [0.717, 1.165) is 29.7 Å². The van der Waals surface area contributed by atoms with Gasteiger partial charge in [0.1, 0.15) is 5.82 Å². The van der Waals surface area contributed by atoms with E-state index < -0.39 is 0 Å². The number of anilines is 1. The zero-order valence-electron chi connectivity index (χ0n) is 8.59. The van der Waals surface area contributed by atoms with Gasteiger partial charge >= 0.3 is 0 Å². The lowest BCUT2D eigenvalue weighted by molar-refractivity contribution is 0.900. The van der Waals surface area contributed by atoms with Gasteiger partial charge in [0.15, 0.2) is 0 Å². The number of pyridine rings is 1. The number of nitrogens with zero attached hydrogens (tertiary/aromatic N) is 1. The van der Waals surface area contributed by atoms with Crippen molar-refractivity contribution in [1.29, 1.82) is 0 Å². The lowest BCUT2D eigenvalue weighted by atomic mass is 10.1. The Hall–Kier alpha value is -1.13. The SMILES string of the molecule is Cc1cc(CCN)nc(N)c1CCN. The molecule has 1 heterocycles. The van der Waals surface area contributed by atoms with Crippen molar-refractivity contribution in [3.63, 3.8) is 0 Å². The molecule has 4 heteroatoms. The average molecular weight is 194 g/mol. The highest BCUT2D eigenvalue weighted by atomic mass is 14.8. The van der Waals surface area contributed by atoms with E-state index in [4.69, 9.17) is 17.2 Å². The lowest BCUT2D eigenvalue weighted by Gasteiger charge is -2.09. The van der Waals surface area contributed by atoms with Crippen LogP contribution >= 0.6 is 0 Å². The Morgan fingerprint density at radius 1 is 1.21 bits per heavy atom. The van der Waals surface area contributed by atoms with E-state index in [1.54, 1.807) is 0 Å². The van der Waals surface area contributed by atoms with E-state index in [0.29, 0.717) is 18.9 Å². The first-order valence-electron chi connectivity index (χ1n) is 4.84. The molecule has 1 rings (SSSR count). The van der Waals surface area contributed by atoms with Gasteiger partial charge in [-0.25, -0.2) is 4.98 Å². The molecule has 0 aliphatic rings. The number of nitrogen functional groups attached to an aromatic ring is 1. The summed E-state index contributed by atoms with van der Waals surface area (Å²) in [6.45, 7) is 3.23. The molecule has 0 saturated heterocycles. The predicted octanol–water partition coefficient (Wildman–Crippen LogP) is -0.0254. The van der Waals surface area contributed by atoms with Crippen molar-refractivity contribution in [3.05, 3.63) is 22.9 Å². The summed E-state index contributed by atoms with van der Waals surface area (Å²) in [4.78, 5) is 4.28. The van der Waals surface area contributed by atoms with Gasteiger partial charge in [0.05, 0.1) is 0 Å². The average Bonchev–Trinajstić information content (AvgIpc) is 2.12. The van der Waals surface area contributed by atoms with Crippen LogP contribution in [0.3, 0.4) is 0 Å². The van der Waals surface area contributed by atoms with Crippen LogP contribution in [0.25, 0.3) is 0 Å². The van der Waals surface area contributed by atoms with E-state index >= 15 is 0 Å². The fourth-order valence-corrected chi connectivity index (χ4v) is 1.54. The summed E-state index contributed by atoms with van der Waals surface area (Å²) < 4.78 is 0. The van der Waals surface area contributed by atoms with E-state index in [-0.39, 0.29) is 0 Å². The number of hydrogen-bond acceptors (Lipinski definition) is 4. The molecule has 1 aromatic rings. The van der Waals surface area contributed by atoms with Crippen molar-refractivity contribution in [3.8, 4) is 0 Å². The molecule has 0 aliphatic heterocycles. The van der Waals surface area contributed by atoms with Gasteiger partial charge in [-0.2, -0.15) is 0 Å². The summed E-state index contributed by atoms with van der Waals surface area (Å²) in [6.07, 6.45) is 1.56. The molecule has 0 bridgehead atoms. The molecule has 0 aliphatic carbocycles. The number of nitrogens with two attached hydrogens (primary N) is 3. The summed E-state index contributed by atoms with van der Waals surface area (Å²) >= 11 is 0. The maximum absolute atomic E-state index is 5.83. The van der Waals surface area contributed by atoms with Crippen LogP contribution in [0.2, 0.25) is 0 Å². The second-order valence-electron chi connectivity index (χ2n) is 3.37. The van der Waals surface area contributed by atoms with Crippen molar-refractivity contribution < 1.29 is 0 Å². The van der Waals surface area contributed by atoms with Crippen molar-refractivity contribution in [2.24, 2.45) is 11.5 Å². The zero-order valence-corrected chi connectivity index (χ0v) is 8.59. The zero-order chi connectivity index (χ0) is 10.6. The van der Waals surface area contributed by atoms with Crippen LogP contribution in [0.4, 0.5) is 5.82 Å². The van der Waals surface area contributed by atoms with Crippen LogP contribution in [0.5, 0.6) is 0 Å². The topological polar surface area (TPSA) is 90.9 Å². The molecule has 78 valence electrons. The maximum atomic E-state index is 5.83. The molecule has 0 amide bonds. The largest absolute Gasteiger partial charge is 0.383 e. The van der Waals surface area contributed by atoms with Crippen molar-refractivity contribution >= 4 is 5.82 Å². The van der Waals surface area contributed by atoms with Crippen LogP contribution in [-0.4, -0.2) is 18.1 Å². The van der Waals surface area contributed by atoms with Crippen LogP contribution in [-0.2, 0) is 12.8 Å². The molecule has 0 radical (unpaired) electrons. The molecule has 6 N–H and O–H groups in total. The number of aromatic nitrogens is 1. The molecule has 0 fully saturated rings. The van der Waals surface area contributed by atoms with E-state index in [1.165, 1.54) is 0 Å². The molecule has 0 saturated carbocycles. The number of aryl methyl sites for hydroxylation is 1. The molecule has 0 atom stereocenters. The molecule has 14 heavy (non-hydrogen) atoms. The first kappa shape index (κ1) is 10.9. The highest BCUT2D eigenvalue weighted by molar-refractivity contribution is 5.45. The first-order valence-corrected chi connectivity index (χ1v) is 4.84. The van der Waals surface area contributed by atoms with Gasteiger partial charge in [-0.1, -0.05) is 0 Å². The second kappa shape index (κ2) is 4.93. The summed E-state index contributed by atoms with van der Waals surface area (Å²) in [5.74, 6) is 0.596. The smallest absolute Gasteiger partial charge is 0.127 e. The molecular formula is C10H18N4. The Bertz CT molecular complexity index is 286. The molecule has 1 aromatic heterocycles. The quantitative estimate of drug-likeness (QED) is 0.628. The molecular weight excluding hydrogens is 176 g/mol. The van der Waals surface area contributed by atoms with Gasteiger partial charge in [0, 0.05) is 12.1 Å². The Morgan fingerprint density at radius 3 is 2.36 bits per heavy atom. The monoisotopic (exact) mass is 194 g/mol. The van der Waals surface area contributed by atoms with Gasteiger partial charge in [-0.15, -0.1) is 0 Å². The Morgan fingerprint density at radius 2 is 1.86 bits per heavy atom. The van der Waals surface area contributed by atoms with Crippen LogP contribution in [0, 0.1) is 6.92 Å². The highest BCUT2D eigenvalue weighted by Crippen LogP contribution is 2.16. The standard InChI is InChI=1S/C10H18N4/c1-7-6-8(2-4-11)14-10(13)9(7)3-5-12/h6H,2-5,11-12H2,1H3,(H2,13,14). The molecule has 4 nitrogen and oxygen atoms in total. The van der Waals surface area contributed by atoms with Crippen molar-refractivity contribution in [2.75, 3.05) is 18.8 Å².